The second-order valence-corrected chi connectivity index (χ2v) is 6.86. The maximum absolute atomic E-state index is 12.4. The highest BCUT2D eigenvalue weighted by Gasteiger charge is 2.17. The van der Waals surface area contributed by atoms with Crippen LogP contribution in [0.15, 0.2) is 34.7 Å². The van der Waals surface area contributed by atoms with E-state index in [2.05, 4.69) is 21.5 Å². The topological polar surface area (TPSA) is 85.1 Å². The van der Waals surface area contributed by atoms with Gasteiger partial charge in [0.15, 0.2) is 0 Å². The summed E-state index contributed by atoms with van der Waals surface area (Å²) in [4.78, 5) is 5.15. The molecular weight excluding hydrogens is 306 g/mol. The number of benzene rings is 1. The largest absolute Gasteiger partial charge is 0.320 e. The number of nitrogens with one attached hydrogen (secondary N) is 1. The predicted molar refractivity (Wildman–Crippen MR) is 83.3 cm³/mol. The Morgan fingerprint density at radius 3 is 2.81 bits per heavy atom. The summed E-state index contributed by atoms with van der Waals surface area (Å²) in [5.74, 6) is 5.45. The van der Waals surface area contributed by atoms with E-state index >= 15 is 0 Å². The fourth-order valence-corrected chi connectivity index (χ4v) is 3.65. The lowest BCUT2D eigenvalue weighted by atomic mass is 10.2. The molecule has 7 heteroatoms. The molecule has 1 heterocycles. The Labute approximate surface area is 128 Å². The smallest absolute Gasteiger partial charge is 0.242 e. The summed E-state index contributed by atoms with van der Waals surface area (Å²) in [6, 6.07) is 6.60. The lowest BCUT2D eigenvalue weighted by Crippen LogP contribution is -2.24. The van der Waals surface area contributed by atoms with Gasteiger partial charge in [-0.1, -0.05) is 24.0 Å². The number of thiazole rings is 1. The molecule has 3 N–H and O–H groups in total. The van der Waals surface area contributed by atoms with Crippen LogP contribution < -0.4 is 10.5 Å². The van der Waals surface area contributed by atoms with Gasteiger partial charge < -0.3 is 5.73 Å². The van der Waals surface area contributed by atoms with Crippen LogP contribution in [0.2, 0.25) is 0 Å². The van der Waals surface area contributed by atoms with Crippen molar-refractivity contribution in [1.29, 1.82) is 0 Å². The van der Waals surface area contributed by atoms with Crippen molar-refractivity contribution < 1.29 is 8.42 Å². The molecule has 0 saturated carbocycles. The predicted octanol–water partition coefficient (Wildman–Crippen LogP) is 1.24. The molecule has 1 aromatic carbocycles. The van der Waals surface area contributed by atoms with Crippen LogP contribution in [0.4, 0.5) is 0 Å². The highest BCUT2D eigenvalue weighted by atomic mass is 32.2. The maximum Gasteiger partial charge on any atom is 0.242 e. The third-order valence-electron chi connectivity index (χ3n) is 2.77. The molecule has 110 valence electrons. The van der Waals surface area contributed by atoms with Crippen molar-refractivity contribution in [3.05, 3.63) is 45.9 Å². The molecule has 0 fully saturated rings. The van der Waals surface area contributed by atoms with Gasteiger partial charge in [0.1, 0.15) is 0 Å². The van der Waals surface area contributed by atoms with E-state index in [0.717, 1.165) is 10.6 Å². The van der Waals surface area contributed by atoms with Crippen molar-refractivity contribution in [3.63, 3.8) is 0 Å². The molecule has 1 aromatic heterocycles. The van der Waals surface area contributed by atoms with Gasteiger partial charge in [0.25, 0.3) is 0 Å². The monoisotopic (exact) mass is 321 g/mol. The zero-order valence-corrected chi connectivity index (χ0v) is 13.1. The van der Waals surface area contributed by atoms with Crippen molar-refractivity contribution in [1.82, 2.24) is 9.71 Å². The van der Waals surface area contributed by atoms with Gasteiger partial charge in [-0.05, 0) is 19.1 Å². The van der Waals surface area contributed by atoms with Crippen LogP contribution in [0.3, 0.4) is 0 Å². The van der Waals surface area contributed by atoms with Crippen molar-refractivity contribution in [2.45, 2.75) is 18.4 Å². The van der Waals surface area contributed by atoms with E-state index in [0.29, 0.717) is 5.56 Å². The second-order valence-electron chi connectivity index (χ2n) is 4.19. The van der Waals surface area contributed by atoms with Gasteiger partial charge in [-0.3, -0.25) is 0 Å². The van der Waals surface area contributed by atoms with Gasteiger partial charge in [-0.25, -0.2) is 18.1 Å². The quantitative estimate of drug-likeness (QED) is 0.830. The van der Waals surface area contributed by atoms with E-state index in [1.807, 2.05) is 6.92 Å². The molecule has 0 aliphatic rings. The summed E-state index contributed by atoms with van der Waals surface area (Å²) >= 11 is 1.42. The molecule has 0 atom stereocenters. The highest BCUT2D eigenvalue weighted by molar-refractivity contribution is 7.89. The van der Waals surface area contributed by atoms with E-state index in [1.165, 1.54) is 17.4 Å². The molecule has 0 aliphatic heterocycles. The Morgan fingerprint density at radius 1 is 1.38 bits per heavy atom. The highest BCUT2D eigenvalue weighted by Crippen LogP contribution is 2.17. The van der Waals surface area contributed by atoms with Crippen LogP contribution >= 0.6 is 11.3 Å². The van der Waals surface area contributed by atoms with Gasteiger partial charge in [-0.2, -0.15) is 0 Å². The number of aromatic nitrogens is 1. The Bertz CT molecular complexity index is 786. The maximum atomic E-state index is 12.4. The number of rotatable bonds is 4. The minimum absolute atomic E-state index is 0.160. The Kier molecular flexibility index (Phi) is 5.09. The summed E-state index contributed by atoms with van der Waals surface area (Å²) in [6.45, 7) is 2.25. The van der Waals surface area contributed by atoms with Gasteiger partial charge in [0.2, 0.25) is 10.0 Å². The fraction of sp³-hybridized carbons (Fsp3) is 0.214. The molecule has 0 bridgehead atoms. The standard InChI is InChI=1S/C14H15N3O2S2/c1-11-13(20-10-16-11)9-17-21(18,19)14-7-3-2-5-12(14)6-4-8-15/h2-3,5,7,10,17H,8-9,15H2,1H3. The normalized spacial score (nSPS) is 11.0. The number of aryl methyl sites for hydroxylation is 1. The van der Waals surface area contributed by atoms with Crippen LogP contribution in [-0.2, 0) is 16.6 Å². The van der Waals surface area contributed by atoms with Gasteiger partial charge in [0, 0.05) is 17.0 Å². The SMILES string of the molecule is Cc1ncsc1CNS(=O)(=O)c1ccccc1C#CCN. The number of nitrogens with zero attached hydrogens (tertiary/aromatic N) is 1. The molecule has 21 heavy (non-hydrogen) atoms. The average molecular weight is 321 g/mol. The first-order chi connectivity index (χ1) is 10.0. The lowest BCUT2D eigenvalue weighted by Gasteiger charge is -2.08. The van der Waals surface area contributed by atoms with E-state index in [1.54, 1.807) is 23.7 Å². The molecule has 2 aromatic rings. The molecule has 0 radical (unpaired) electrons. The zero-order chi connectivity index (χ0) is 15.3. The number of nitrogens with two attached hydrogens (primary N) is 1. The van der Waals surface area contributed by atoms with Crippen molar-refractivity contribution in [3.8, 4) is 11.8 Å². The lowest BCUT2D eigenvalue weighted by molar-refractivity contribution is 0.581. The minimum atomic E-state index is -3.63. The summed E-state index contributed by atoms with van der Waals surface area (Å²) in [5.41, 5.74) is 8.30. The first kappa shape index (κ1) is 15.7. The van der Waals surface area contributed by atoms with E-state index in [4.69, 9.17) is 5.73 Å². The van der Waals surface area contributed by atoms with Crippen molar-refractivity contribution in [2.24, 2.45) is 5.73 Å². The Hall–Kier alpha value is -1.72. The second kappa shape index (κ2) is 6.83. The molecule has 0 unspecified atom stereocenters. The molecule has 2 rings (SSSR count). The Morgan fingerprint density at radius 2 is 2.14 bits per heavy atom. The van der Waals surface area contributed by atoms with Crippen molar-refractivity contribution >= 4 is 21.4 Å². The van der Waals surface area contributed by atoms with Gasteiger partial charge in [0.05, 0.1) is 22.6 Å². The number of hydrogen-bond donors (Lipinski definition) is 2. The number of sulfonamides is 1. The summed E-state index contributed by atoms with van der Waals surface area (Å²) in [6.07, 6.45) is 0. The first-order valence-corrected chi connectivity index (χ1v) is 8.57. The molecule has 0 saturated heterocycles. The van der Waals surface area contributed by atoms with Crippen molar-refractivity contribution in [2.75, 3.05) is 6.54 Å². The van der Waals surface area contributed by atoms with Gasteiger partial charge >= 0.3 is 0 Å². The van der Waals surface area contributed by atoms with E-state index in [-0.39, 0.29) is 18.0 Å². The average Bonchev–Trinajstić information content (AvgIpc) is 2.89. The third-order valence-corrected chi connectivity index (χ3v) is 5.16. The Balaban J connectivity index is 2.26. The van der Waals surface area contributed by atoms with Gasteiger partial charge in [-0.15, -0.1) is 11.3 Å². The molecule has 5 nitrogen and oxygen atoms in total. The zero-order valence-electron chi connectivity index (χ0n) is 11.5. The van der Waals surface area contributed by atoms with E-state index < -0.39 is 10.0 Å². The van der Waals surface area contributed by atoms with Crippen LogP contribution in [0.5, 0.6) is 0 Å². The molecule has 0 amide bonds. The summed E-state index contributed by atoms with van der Waals surface area (Å²) in [5, 5.41) is 0. The number of hydrogen-bond acceptors (Lipinski definition) is 5. The van der Waals surface area contributed by atoms with Crippen LogP contribution in [-0.4, -0.2) is 19.9 Å². The molecule has 0 spiro atoms. The fourth-order valence-electron chi connectivity index (χ4n) is 1.68. The first-order valence-electron chi connectivity index (χ1n) is 6.21. The summed E-state index contributed by atoms with van der Waals surface area (Å²) in [7, 11) is -3.63. The van der Waals surface area contributed by atoms with Crippen LogP contribution in [0.25, 0.3) is 0 Å². The molecule has 0 aliphatic carbocycles. The third kappa shape index (κ3) is 3.89. The minimum Gasteiger partial charge on any atom is -0.320 e. The van der Waals surface area contributed by atoms with Crippen LogP contribution in [0, 0.1) is 18.8 Å². The van der Waals surface area contributed by atoms with Crippen LogP contribution in [0.1, 0.15) is 16.1 Å². The molecular formula is C14H15N3O2S2. The van der Waals surface area contributed by atoms with E-state index in [9.17, 15) is 8.42 Å². The summed E-state index contributed by atoms with van der Waals surface area (Å²) < 4.78 is 27.4.